The first-order valence-corrected chi connectivity index (χ1v) is 11.5. The maximum absolute atomic E-state index is 12.4. The number of hydrogen-bond donors (Lipinski definition) is 0. The third kappa shape index (κ3) is 3.62. The molecule has 30 heavy (non-hydrogen) atoms. The smallest absolute Gasteiger partial charge is 0.226 e. The lowest BCUT2D eigenvalue weighted by atomic mass is 10.1. The Balaban J connectivity index is 1.18. The second kappa shape index (κ2) is 8.46. The highest BCUT2D eigenvalue weighted by Crippen LogP contribution is 2.46. The lowest BCUT2D eigenvalue weighted by Gasteiger charge is -2.34. The molecule has 4 heterocycles. The third-order valence-electron chi connectivity index (χ3n) is 7.43. The molecule has 0 unspecified atom stereocenters. The Morgan fingerprint density at radius 1 is 1.10 bits per heavy atom. The fraction of sp³-hybridized carbons (Fsp3) is 0.696. The molecule has 164 valence electrons. The summed E-state index contributed by atoms with van der Waals surface area (Å²) < 4.78 is 12.4. The molecule has 4 saturated heterocycles. The minimum atomic E-state index is -0.368. The molecule has 0 radical (unpaired) electrons. The van der Waals surface area contributed by atoms with Gasteiger partial charge in [-0.25, -0.2) is 0 Å². The molecule has 1 spiro atoms. The Kier molecular flexibility index (Phi) is 5.71. The van der Waals surface area contributed by atoms with Crippen LogP contribution in [0.15, 0.2) is 24.3 Å². The van der Waals surface area contributed by atoms with Gasteiger partial charge in [0.25, 0.3) is 0 Å². The lowest BCUT2D eigenvalue weighted by Crippen LogP contribution is -2.47. The predicted molar refractivity (Wildman–Crippen MR) is 114 cm³/mol. The molecule has 1 aromatic rings. The molecule has 7 nitrogen and oxygen atoms in total. The van der Waals surface area contributed by atoms with E-state index in [4.69, 9.17) is 9.47 Å². The van der Waals surface area contributed by atoms with Crippen molar-refractivity contribution in [3.63, 3.8) is 0 Å². The first-order chi connectivity index (χ1) is 14.7. The summed E-state index contributed by atoms with van der Waals surface area (Å²) in [6, 6.07) is 8.52. The van der Waals surface area contributed by atoms with E-state index >= 15 is 0 Å². The molecule has 4 aliphatic heterocycles. The van der Waals surface area contributed by atoms with Crippen molar-refractivity contribution in [1.82, 2.24) is 19.6 Å². The van der Waals surface area contributed by atoms with Gasteiger partial charge in [0.2, 0.25) is 5.91 Å². The zero-order valence-electron chi connectivity index (χ0n) is 18.1. The number of hydrogen-bond acceptors (Lipinski definition) is 6. The minimum Gasteiger partial charge on any atom is -0.492 e. The SMILES string of the molecule is CCN1CCN(CCOc2ccccc2CN2CC[C@@]34OCCN3C(=O)C[C@@H]24)CC1. The summed E-state index contributed by atoms with van der Waals surface area (Å²) >= 11 is 0. The Labute approximate surface area is 179 Å². The van der Waals surface area contributed by atoms with Gasteiger partial charge in [0.1, 0.15) is 12.4 Å². The zero-order valence-corrected chi connectivity index (χ0v) is 18.1. The van der Waals surface area contributed by atoms with Crippen molar-refractivity contribution >= 4 is 5.91 Å². The second-order valence-corrected chi connectivity index (χ2v) is 8.91. The summed E-state index contributed by atoms with van der Waals surface area (Å²) in [6.07, 6.45) is 1.49. The van der Waals surface area contributed by atoms with Gasteiger partial charge in [-0.2, -0.15) is 0 Å². The summed E-state index contributed by atoms with van der Waals surface area (Å²) in [5.74, 6) is 1.22. The predicted octanol–water partition coefficient (Wildman–Crippen LogP) is 1.24. The van der Waals surface area contributed by atoms with Gasteiger partial charge in [0, 0.05) is 70.8 Å². The van der Waals surface area contributed by atoms with Crippen molar-refractivity contribution in [2.24, 2.45) is 0 Å². The molecule has 5 rings (SSSR count). The van der Waals surface area contributed by atoms with Gasteiger partial charge >= 0.3 is 0 Å². The van der Waals surface area contributed by atoms with Gasteiger partial charge in [-0.05, 0) is 12.6 Å². The summed E-state index contributed by atoms with van der Waals surface area (Å²) in [5, 5.41) is 0. The highest BCUT2D eigenvalue weighted by atomic mass is 16.5. The molecule has 0 aliphatic carbocycles. The zero-order chi connectivity index (χ0) is 20.6. The van der Waals surface area contributed by atoms with E-state index in [1.807, 2.05) is 11.0 Å². The first kappa shape index (κ1) is 20.2. The van der Waals surface area contributed by atoms with Crippen LogP contribution in [0.1, 0.15) is 25.3 Å². The van der Waals surface area contributed by atoms with E-state index in [0.717, 1.165) is 71.1 Å². The van der Waals surface area contributed by atoms with E-state index in [-0.39, 0.29) is 17.7 Å². The summed E-state index contributed by atoms with van der Waals surface area (Å²) in [4.78, 5) is 21.9. The van der Waals surface area contributed by atoms with E-state index in [1.165, 1.54) is 5.56 Å². The lowest BCUT2D eigenvalue weighted by molar-refractivity contribution is -0.136. The maximum atomic E-state index is 12.4. The fourth-order valence-corrected chi connectivity index (χ4v) is 5.67. The number of nitrogens with zero attached hydrogens (tertiary/aromatic N) is 4. The van der Waals surface area contributed by atoms with E-state index in [0.29, 0.717) is 19.6 Å². The van der Waals surface area contributed by atoms with Crippen LogP contribution in [0.5, 0.6) is 5.75 Å². The average molecular weight is 415 g/mol. The topological polar surface area (TPSA) is 48.5 Å². The molecule has 7 heteroatoms. The number of carbonyl (C=O) groups is 1. The summed E-state index contributed by atoms with van der Waals surface area (Å²) in [6.45, 7) is 12.8. The number of likely N-dealkylation sites (N-methyl/N-ethyl adjacent to an activating group) is 1. The maximum Gasteiger partial charge on any atom is 0.226 e. The van der Waals surface area contributed by atoms with Crippen LogP contribution in [-0.2, 0) is 16.1 Å². The van der Waals surface area contributed by atoms with Gasteiger partial charge in [0.05, 0.1) is 12.6 Å². The van der Waals surface area contributed by atoms with Crippen molar-refractivity contribution in [3.8, 4) is 5.75 Å². The van der Waals surface area contributed by atoms with Crippen LogP contribution in [0.25, 0.3) is 0 Å². The van der Waals surface area contributed by atoms with Gasteiger partial charge in [-0.1, -0.05) is 25.1 Å². The molecule has 0 saturated carbocycles. The Morgan fingerprint density at radius 2 is 1.90 bits per heavy atom. The number of ether oxygens (including phenoxy) is 2. The molecular weight excluding hydrogens is 380 g/mol. The quantitative estimate of drug-likeness (QED) is 0.669. The molecule has 0 N–H and O–H groups in total. The van der Waals surface area contributed by atoms with E-state index in [2.05, 4.69) is 39.8 Å². The molecule has 4 fully saturated rings. The van der Waals surface area contributed by atoms with Gasteiger partial charge in [-0.3, -0.25) is 14.6 Å². The van der Waals surface area contributed by atoms with E-state index < -0.39 is 0 Å². The molecule has 0 aromatic heterocycles. The van der Waals surface area contributed by atoms with Crippen molar-refractivity contribution in [2.75, 3.05) is 65.6 Å². The van der Waals surface area contributed by atoms with Gasteiger partial charge in [-0.15, -0.1) is 0 Å². The van der Waals surface area contributed by atoms with Gasteiger partial charge < -0.3 is 19.3 Å². The van der Waals surface area contributed by atoms with Crippen LogP contribution in [0.3, 0.4) is 0 Å². The van der Waals surface area contributed by atoms with Crippen LogP contribution in [0.4, 0.5) is 0 Å². The number of amides is 1. The number of rotatable bonds is 7. The van der Waals surface area contributed by atoms with Gasteiger partial charge in [0.15, 0.2) is 5.72 Å². The summed E-state index contributed by atoms with van der Waals surface area (Å²) in [5.41, 5.74) is 0.835. The number of para-hydroxylation sites is 1. The third-order valence-corrected chi connectivity index (χ3v) is 7.43. The van der Waals surface area contributed by atoms with Crippen molar-refractivity contribution in [1.29, 1.82) is 0 Å². The van der Waals surface area contributed by atoms with E-state index in [1.54, 1.807) is 0 Å². The van der Waals surface area contributed by atoms with Crippen molar-refractivity contribution in [2.45, 2.75) is 38.1 Å². The Bertz CT molecular complexity index is 767. The molecular formula is C23H34N4O3. The second-order valence-electron chi connectivity index (χ2n) is 8.91. The van der Waals surface area contributed by atoms with Crippen LogP contribution in [0.2, 0.25) is 0 Å². The van der Waals surface area contributed by atoms with Crippen LogP contribution < -0.4 is 4.74 Å². The molecule has 2 atom stereocenters. The highest BCUT2D eigenvalue weighted by molar-refractivity contribution is 5.81. The normalized spacial score (nSPS) is 30.1. The summed E-state index contributed by atoms with van der Waals surface area (Å²) in [7, 11) is 0. The Hall–Kier alpha value is -1.67. The fourth-order valence-electron chi connectivity index (χ4n) is 5.67. The largest absolute Gasteiger partial charge is 0.492 e. The number of likely N-dealkylation sites (tertiary alicyclic amines) is 1. The van der Waals surface area contributed by atoms with Crippen molar-refractivity contribution in [3.05, 3.63) is 29.8 Å². The number of benzene rings is 1. The molecule has 0 bridgehead atoms. The number of carbonyl (C=O) groups excluding carboxylic acids is 1. The van der Waals surface area contributed by atoms with Crippen LogP contribution >= 0.6 is 0 Å². The molecule has 1 aromatic carbocycles. The molecule has 1 amide bonds. The monoisotopic (exact) mass is 414 g/mol. The van der Waals surface area contributed by atoms with Crippen LogP contribution in [-0.4, -0.2) is 103 Å². The first-order valence-electron chi connectivity index (χ1n) is 11.5. The van der Waals surface area contributed by atoms with Crippen LogP contribution in [0, 0.1) is 0 Å². The number of piperazine rings is 1. The standard InChI is InChI=1S/C23H34N4O3/c1-2-24-9-11-25(12-10-24)13-15-29-20-6-4-3-5-19(20)18-26-8-7-23-21(26)17-22(28)27(23)14-16-30-23/h3-6,21H,2,7-18H2,1H3/t21-,23+/m1/s1. The highest BCUT2D eigenvalue weighted by Gasteiger charge is 2.61. The Morgan fingerprint density at radius 3 is 2.73 bits per heavy atom. The van der Waals surface area contributed by atoms with E-state index in [9.17, 15) is 4.79 Å². The average Bonchev–Trinajstić information content (AvgIpc) is 3.41. The van der Waals surface area contributed by atoms with Crippen molar-refractivity contribution < 1.29 is 14.3 Å². The minimum absolute atomic E-state index is 0.162. The molecule has 4 aliphatic rings.